The zero-order valence-corrected chi connectivity index (χ0v) is 22.0. The van der Waals surface area contributed by atoms with Gasteiger partial charge in [0.25, 0.3) is 11.8 Å². The molecule has 4 nitrogen and oxygen atoms in total. The summed E-state index contributed by atoms with van der Waals surface area (Å²) in [5, 5.41) is 0.587. The minimum atomic E-state index is -0.246. The number of hydrogen-bond acceptors (Lipinski definition) is 2. The molecule has 0 aliphatic carbocycles. The van der Waals surface area contributed by atoms with E-state index < -0.39 is 0 Å². The molecule has 5 rings (SSSR count). The average molecular weight is 560 g/mol. The molecule has 4 aromatic carbocycles. The van der Waals surface area contributed by atoms with Crippen molar-refractivity contribution in [2.45, 2.75) is 25.4 Å². The van der Waals surface area contributed by atoms with Crippen LogP contribution in [-0.4, -0.2) is 17.9 Å². The van der Waals surface area contributed by atoms with Crippen molar-refractivity contribution in [1.29, 1.82) is 0 Å². The van der Waals surface area contributed by atoms with E-state index in [1.165, 1.54) is 0 Å². The van der Waals surface area contributed by atoms with E-state index in [-0.39, 0.29) is 23.9 Å². The highest BCUT2D eigenvalue weighted by molar-refractivity contribution is 9.10. The molecule has 0 bridgehead atoms. The van der Waals surface area contributed by atoms with Crippen LogP contribution in [0.15, 0.2) is 108 Å². The molecule has 1 heterocycles. The summed E-state index contributed by atoms with van der Waals surface area (Å²) in [6.07, 6.45) is 0.591. The topological polar surface area (TPSA) is 40.6 Å². The number of carbonyl (C=O) groups is 2. The Balaban J connectivity index is 1.60. The Labute approximate surface area is 224 Å². The number of anilines is 2. The fourth-order valence-electron chi connectivity index (χ4n) is 4.83. The Morgan fingerprint density at radius 2 is 1.44 bits per heavy atom. The number of fused-ring (bicyclic) bond motifs is 1. The number of para-hydroxylation sites is 2. The number of hydrogen-bond donors (Lipinski definition) is 0. The molecular formula is C30H24BrClN2O2. The molecule has 2 amide bonds. The molecule has 180 valence electrons. The van der Waals surface area contributed by atoms with Gasteiger partial charge in [0.1, 0.15) is 0 Å². The van der Waals surface area contributed by atoms with E-state index in [1.807, 2.05) is 95.6 Å². The maximum atomic E-state index is 14.0. The Bertz CT molecular complexity index is 1390. The van der Waals surface area contributed by atoms with Crippen LogP contribution in [0.25, 0.3) is 0 Å². The van der Waals surface area contributed by atoms with Gasteiger partial charge in [0.15, 0.2) is 0 Å². The fourth-order valence-corrected chi connectivity index (χ4v) is 5.22. The van der Waals surface area contributed by atoms with E-state index in [9.17, 15) is 9.59 Å². The van der Waals surface area contributed by atoms with Gasteiger partial charge < -0.3 is 9.80 Å². The first kappa shape index (κ1) is 24.3. The predicted molar refractivity (Wildman–Crippen MR) is 149 cm³/mol. The van der Waals surface area contributed by atoms with Crippen molar-refractivity contribution in [1.82, 2.24) is 0 Å². The largest absolute Gasteiger partial charge is 0.305 e. The Hall–Kier alpha value is -3.41. The van der Waals surface area contributed by atoms with Gasteiger partial charge in [0.2, 0.25) is 0 Å². The summed E-state index contributed by atoms with van der Waals surface area (Å²) >= 11 is 9.50. The summed E-state index contributed by atoms with van der Waals surface area (Å²) in [5.41, 5.74) is 3.74. The lowest BCUT2D eigenvalue weighted by Crippen LogP contribution is -2.47. The standard InChI is InChI=1S/C30H24BrClN2O2/c1-20-19-28(34(25-7-3-2-4-8-25)30(36)21-11-15-23(31)16-12-21)26-9-5-6-10-27(26)33(20)29(35)22-13-17-24(32)18-14-22/h2-18,20,28H,19H2,1H3/t20-,28-/m0/s1. The number of rotatable bonds is 4. The highest BCUT2D eigenvalue weighted by Gasteiger charge is 2.39. The van der Waals surface area contributed by atoms with E-state index >= 15 is 0 Å². The second-order valence-corrected chi connectivity index (χ2v) is 10.2. The van der Waals surface area contributed by atoms with Crippen LogP contribution >= 0.6 is 27.5 Å². The van der Waals surface area contributed by atoms with Crippen molar-refractivity contribution in [2.24, 2.45) is 0 Å². The predicted octanol–water partition coefficient (Wildman–Crippen LogP) is 7.93. The van der Waals surface area contributed by atoms with Crippen molar-refractivity contribution >= 4 is 50.7 Å². The lowest BCUT2D eigenvalue weighted by Gasteiger charge is -2.43. The number of amides is 2. The lowest BCUT2D eigenvalue weighted by molar-refractivity contribution is 0.0965. The molecule has 2 atom stereocenters. The summed E-state index contributed by atoms with van der Waals surface area (Å²) in [7, 11) is 0. The van der Waals surface area contributed by atoms with E-state index in [0.29, 0.717) is 22.6 Å². The Morgan fingerprint density at radius 1 is 0.833 bits per heavy atom. The van der Waals surface area contributed by atoms with Gasteiger partial charge in [-0.2, -0.15) is 0 Å². The van der Waals surface area contributed by atoms with Gasteiger partial charge in [-0.15, -0.1) is 0 Å². The van der Waals surface area contributed by atoms with Crippen LogP contribution in [0.2, 0.25) is 5.02 Å². The molecule has 0 radical (unpaired) electrons. The monoisotopic (exact) mass is 558 g/mol. The SMILES string of the molecule is C[C@H]1C[C@H](N(C(=O)c2ccc(Br)cc2)c2ccccc2)c2ccccc2N1C(=O)c1ccc(Cl)cc1. The highest BCUT2D eigenvalue weighted by atomic mass is 79.9. The van der Waals surface area contributed by atoms with Crippen molar-refractivity contribution in [3.05, 3.63) is 129 Å². The molecule has 0 aromatic heterocycles. The van der Waals surface area contributed by atoms with Crippen molar-refractivity contribution in [3.63, 3.8) is 0 Å². The quantitative estimate of drug-likeness (QED) is 0.255. The van der Waals surface area contributed by atoms with Gasteiger partial charge in [0, 0.05) is 38.0 Å². The van der Waals surface area contributed by atoms with Gasteiger partial charge in [-0.05, 0) is 85.6 Å². The van der Waals surface area contributed by atoms with Gasteiger partial charge in [-0.25, -0.2) is 0 Å². The first-order valence-corrected chi connectivity index (χ1v) is 12.9. The summed E-state index contributed by atoms with van der Waals surface area (Å²) in [6, 6.07) is 31.6. The molecule has 0 N–H and O–H groups in total. The van der Waals surface area contributed by atoms with E-state index in [1.54, 1.807) is 24.3 Å². The second kappa shape index (κ2) is 10.3. The van der Waals surface area contributed by atoms with Crippen molar-refractivity contribution in [2.75, 3.05) is 9.80 Å². The van der Waals surface area contributed by atoms with E-state index in [2.05, 4.69) is 15.9 Å². The second-order valence-electron chi connectivity index (χ2n) is 8.86. The molecule has 4 aromatic rings. The molecule has 0 fully saturated rings. The molecule has 6 heteroatoms. The van der Waals surface area contributed by atoms with Crippen molar-refractivity contribution < 1.29 is 9.59 Å². The molecular weight excluding hydrogens is 536 g/mol. The lowest BCUT2D eigenvalue weighted by atomic mass is 9.89. The third-order valence-electron chi connectivity index (χ3n) is 6.53. The molecule has 0 saturated heterocycles. The zero-order chi connectivity index (χ0) is 25.2. The molecule has 0 spiro atoms. The van der Waals surface area contributed by atoms with Crippen LogP contribution in [-0.2, 0) is 0 Å². The highest BCUT2D eigenvalue weighted by Crippen LogP contribution is 2.43. The number of nitrogens with zero attached hydrogens (tertiary/aromatic N) is 2. The third-order valence-corrected chi connectivity index (χ3v) is 7.31. The zero-order valence-electron chi connectivity index (χ0n) is 19.6. The normalized spacial score (nSPS) is 16.8. The van der Waals surface area contributed by atoms with Crippen LogP contribution in [0.1, 0.15) is 45.7 Å². The summed E-state index contributed by atoms with van der Waals surface area (Å²) in [5.74, 6) is -0.172. The smallest absolute Gasteiger partial charge is 0.258 e. The number of carbonyl (C=O) groups excluding carboxylic acids is 2. The van der Waals surface area contributed by atoms with Gasteiger partial charge in [-0.1, -0.05) is 63.9 Å². The minimum absolute atomic E-state index is 0.0850. The molecule has 0 unspecified atom stereocenters. The average Bonchev–Trinajstić information content (AvgIpc) is 2.90. The van der Waals surface area contributed by atoms with Gasteiger partial charge in [0.05, 0.1) is 6.04 Å². The molecule has 1 aliphatic rings. The number of benzene rings is 4. The van der Waals surface area contributed by atoms with Crippen molar-refractivity contribution in [3.8, 4) is 0 Å². The van der Waals surface area contributed by atoms with E-state index in [4.69, 9.17) is 11.6 Å². The van der Waals surface area contributed by atoms with Crippen LogP contribution in [0.3, 0.4) is 0 Å². The minimum Gasteiger partial charge on any atom is -0.305 e. The number of halogens is 2. The van der Waals surface area contributed by atoms with Gasteiger partial charge >= 0.3 is 0 Å². The Morgan fingerprint density at radius 3 is 2.14 bits per heavy atom. The summed E-state index contributed by atoms with van der Waals surface area (Å²) in [6.45, 7) is 2.03. The fraction of sp³-hybridized carbons (Fsp3) is 0.133. The third kappa shape index (κ3) is 4.69. The maximum absolute atomic E-state index is 14.0. The van der Waals surface area contributed by atoms with Gasteiger partial charge in [-0.3, -0.25) is 9.59 Å². The molecule has 36 heavy (non-hydrogen) atoms. The molecule has 0 saturated carbocycles. The summed E-state index contributed by atoms with van der Waals surface area (Å²) in [4.78, 5) is 31.3. The first-order chi connectivity index (χ1) is 17.4. The van der Waals surface area contributed by atoms with Crippen LogP contribution in [0.5, 0.6) is 0 Å². The van der Waals surface area contributed by atoms with Crippen LogP contribution in [0, 0.1) is 0 Å². The van der Waals surface area contributed by atoms with Crippen LogP contribution < -0.4 is 9.80 Å². The molecule has 1 aliphatic heterocycles. The maximum Gasteiger partial charge on any atom is 0.258 e. The Kier molecular flexibility index (Phi) is 6.95. The first-order valence-electron chi connectivity index (χ1n) is 11.8. The van der Waals surface area contributed by atoms with Crippen LogP contribution in [0.4, 0.5) is 11.4 Å². The summed E-state index contributed by atoms with van der Waals surface area (Å²) < 4.78 is 0.915. The van der Waals surface area contributed by atoms with E-state index in [0.717, 1.165) is 21.4 Å².